The number of sulfonamides is 1. The van der Waals surface area contributed by atoms with E-state index in [1.54, 1.807) is 0 Å². The van der Waals surface area contributed by atoms with Crippen molar-refractivity contribution in [3.8, 4) is 0 Å². The summed E-state index contributed by atoms with van der Waals surface area (Å²) in [7, 11) is -2.17. The van der Waals surface area contributed by atoms with Crippen LogP contribution in [0.25, 0.3) is 0 Å². The van der Waals surface area contributed by atoms with Gasteiger partial charge in [0.1, 0.15) is 5.82 Å². The molecule has 2 rings (SSSR count). The maximum absolute atomic E-state index is 13.0. The third kappa shape index (κ3) is 3.48. The molecule has 2 aromatic rings. The first-order chi connectivity index (χ1) is 9.30. The second-order valence-electron chi connectivity index (χ2n) is 4.07. The minimum absolute atomic E-state index is 0.0528. The molecule has 0 unspecified atom stereocenters. The molecule has 0 bridgehead atoms. The minimum atomic E-state index is -3.66. The summed E-state index contributed by atoms with van der Waals surface area (Å²) in [6, 6.07) is 5.40. The lowest BCUT2D eigenvalue weighted by atomic mass is 10.3. The second-order valence-corrected chi connectivity index (χ2v) is 8.85. The van der Waals surface area contributed by atoms with Crippen LogP contribution < -0.4 is 0 Å². The molecule has 3 nitrogen and oxygen atoms in total. The van der Waals surface area contributed by atoms with E-state index in [9.17, 15) is 12.8 Å². The lowest BCUT2D eigenvalue weighted by Crippen LogP contribution is -2.26. The molecule has 0 spiro atoms. The van der Waals surface area contributed by atoms with Crippen LogP contribution in [0.3, 0.4) is 0 Å². The average molecular weight is 443 g/mol. The molecule has 0 radical (unpaired) electrons. The predicted molar refractivity (Wildman–Crippen MR) is 84.8 cm³/mol. The third-order valence-corrected chi connectivity index (χ3v) is 7.04. The van der Waals surface area contributed by atoms with Gasteiger partial charge in [-0.2, -0.15) is 4.31 Å². The normalized spacial score (nSPS) is 12.1. The van der Waals surface area contributed by atoms with Crippen molar-refractivity contribution in [2.75, 3.05) is 7.05 Å². The molecule has 0 aliphatic carbocycles. The predicted octanol–water partition coefficient (Wildman–Crippen LogP) is 4.23. The van der Waals surface area contributed by atoms with E-state index in [0.29, 0.717) is 0 Å². The van der Waals surface area contributed by atoms with Crippen molar-refractivity contribution in [3.63, 3.8) is 0 Å². The average Bonchev–Trinajstić information content (AvgIpc) is 2.74. The summed E-state index contributed by atoms with van der Waals surface area (Å²) >= 11 is 7.89. The fraction of sp³-hybridized carbons (Fsp3) is 0.167. The molecule has 0 aliphatic heterocycles. The SMILES string of the molecule is CN(Cc1cc(Br)cs1)S(=O)(=O)c1ccc(F)cc1Br. The summed E-state index contributed by atoms with van der Waals surface area (Å²) in [5.74, 6) is -0.485. The molecule has 0 N–H and O–H groups in total. The Labute approximate surface area is 137 Å². The Balaban J connectivity index is 2.29. The molecule has 1 heterocycles. The molecule has 8 heteroatoms. The van der Waals surface area contributed by atoms with E-state index in [0.717, 1.165) is 21.5 Å². The van der Waals surface area contributed by atoms with Gasteiger partial charge >= 0.3 is 0 Å². The first kappa shape index (κ1) is 16.1. The van der Waals surface area contributed by atoms with Gasteiger partial charge in [-0.15, -0.1) is 11.3 Å². The van der Waals surface area contributed by atoms with E-state index < -0.39 is 15.8 Å². The number of hydrogen-bond donors (Lipinski definition) is 0. The standard InChI is InChI=1S/C12H10Br2FNO2S2/c1-16(6-10-4-8(13)7-19-10)20(17,18)12-3-2-9(15)5-11(12)14/h2-5,7H,6H2,1H3. The molecule has 1 aromatic heterocycles. The number of halogens is 3. The minimum Gasteiger partial charge on any atom is -0.207 e. The van der Waals surface area contributed by atoms with Crippen LogP contribution in [-0.4, -0.2) is 19.8 Å². The molecule has 0 fully saturated rings. The second kappa shape index (κ2) is 6.23. The number of benzene rings is 1. The number of hydrogen-bond acceptors (Lipinski definition) is 3. The zero-order valence-electron chi connectivity index (χ0n) is 10.3. The molecule has 0 amide bonds. The van der Waals surface area contributed by atoms with Crippen molar-refractivity contribution in [2.24, 2.45) is 0 Å². The van der Waals surface area contributed by atoms with Gasteiger partial charge in [0.05, 0.1) is 4.90 Å². The summed E-state index contributed by atoms with van der Waals surface area (Å²) in [6.07, 6.45) is 0. The Morgan fingerprint density at radius 2 is 2.00 bits per heavy atom. The van der Waals surface area contributed by atoms with Crippen molar-refractivity contribution in [3.05, 3.63) is 49.3 Å². The smallest absolute Gasteiger partial charge is 0.207 e. The van der Waals surface area contributed by atoms with Crippen LogP contribution in [0.15, 0.2) is 43.5 Å². The fourth-order valence-electron chi connectivity index (χ4n) is 1.59. The zero-order valence-corrected chi connectivity index (χ0v) is 15.1. The quantitative estimate of drug-likeness (QED) is 0.710. The molecule has 0 atom stereocenters. The molecule has 108 valence electrons. The van der Waals surface area contributed by atoms with Crippen LogP contribution in [0.5, 0.6) is 0 Å². The van der Waals surface area contributed by atoms with E-state index in [-0.39, 0.29) is 15.9 Å². The van der Waals surface area contributed by atoms with E-state index in [1.807, 2.05) is 11.4 Å². The Hall–Kier alpha value is -0.280. The molecule has 0 saturated heterocycles. The highest BCUT2D eigenvalue weighted by atomic mass is 79.9. The summed E-state index contributed by atoms with van der Waals surface area (Å²) in [5.41, 5.74) is 0. The van der Waals surface area contributed by atoms with Gasteiger partial charge in [-0.25, -0.2) is 12.8 Å². The zero-order chi connectivity index (χ0) is 14.9. The van der Waals surface area contributed by atoms with Crippen LogP contribution in [0, 0.1) is 5.82 Å². The fourth-order valence-corrected chi connectivity index (χ4v) is 5.33. The van der Waals surface area contributed by atoms with Gasteiger partial charge in [0.15, 0.2) is 0 Å². The molecule has 1 aromatic carbocycles. The van der Waals surface area contributed by atoms with Gasteiger partial charge in [0.2, 0.25) is 10.0 Å². The van der Waals surface area contributed by atoms with Crippen LogP contribution in [0.4, 0.5) is 4.39 Å². The first-order valence-electron chi connectivity index (χ1n) is 5.45. The highest BCUT2D eigenvalue weighted by Gasteiger charge is 2.24. The topological polar surface area (TPSA) is 37.4 Å². The van der Waals surface area contributed by atoms with Crippen LogP contribution in [0.1, 0.15) is 4.88 Å². The van der Waals surface area contributed by atoms with Gasteiger partial charge in [-0.05, 0) is 56.1 Å². The summed E-state index contributed by atoms with van der Waals surface area (Å²) in [6.45, 7) is 0.266. The monoisotopic (exact) mass is 441 g/mol. The Morgan fingerprint density at radius 1 is 1.30 bits per heavy atom. The van der Waals surface area contributed by atoms with E-state index in [2.05, 4.69) is 31.9 Å². The third-order valence-electron chi connectivity index (χ3n) is 2.58. The summed E-state index contributed by atoms with van der Waals surface area (Å²) in [5, 5.41) is 1.89. The highest BCUT2D eigenvalue weighted by molar-refractivity contribution is 9.10. The Kier molecular flexibility index (Phi) is 5.01. The van der Waals surface area contributed by atoms with E-state index >= 15 is 0 Å². The van der Waals surface area contributed by atoms with Crippen molar-refractivity contribution < 1.29 is 12.8 Å². The van der Waals surface area contributed by atoms with Crippen LogP contribution in [-0.2, 0) is 16.6 Å². The molecular formula is C12H10Br2FNO2S2. The Bertz CT molecular complexity index is 731. The largest absolute Gasteiger partial charge is 0.244 e. The summed E-state index contributed by atoms with van der Waals surface area (Å²) < 4.78 is 40.3. The van der Waals surface area contributed by atoms with Crippen LogP contribution >= 0.6 is 43.2 Å². The lowest BCUT2D eigenvalue weighted by Gasteiger charge is -2.17. The maximum atomic E-state index is 13.0. The van der Waals surface area contributed by atoms with Crippen molar-refractivity contribution in [1.29, 1.82) is 0 Å². The van der Waals surface area contributed by atoms with Gasteiger partial charge in [0, 0.05) is 32.8 Å². The molecule has 0 aliphatic rings. The molecule has 20 heavy (non-hydrogen) atoms. The maximum Gasteiger partial charge on any atom is 0.244 e. The van der Waals surface area contributed by atoms with Crippen LogP contribution in [0.2, 0.25) is 0 Å². The van der Waals surface area contributed by atoms with E-state index in [1.165, 1.54) is 28.8 Å². The number of nitrogens with zero attached hydrogens (tertiary/aromatic N) is 1. The number of rotatable bonds is 4. The van der Waals surface area contributed by atoms with Gasteiger partial charge in [-0.3, -0.25) is 0 Å². The Morgan fingerprint density at radius 3 is 2.55 bits per heavy atom. The van der Waals surface area contributed by atoms with Gasteiger partial charge < -0.3 is 0 Å². The van der Waals surface area contributed by atoms with Crippen molar-refractivity contribution in [2.45, 2.75) is 11.4 Å². The summed E-state index contributed by atoms with van der Waals surface area (Å²) in [4.78, 5) is 0.971. The first-order valence-corrected chi connectivity index (χ1v) is 9.35. The van der Waals surface area contributed by atoms with E-state index in [4.69, 9.17) is 0 Å². The lowest BCUT2D eigenvalue weighted by molar-refractivity contribution is 0.469. The highest BCUT2D eigenvalue weighted by Crippen LogP contribution is 2.27. The molecule has 0 saturated carbocycles. The van der Waals surface area contributed by atoms with Crippen molar-refractivity contribution >= 4 is 53.2 Å². The van der Waals surface area contributed by atoms with Gasteiger partial charge in [0.25, 0.3) is 0 Å². The van der Waals surface area contributed by atoms with Crippen molar-refractivity contribution in [1.82, 2.24) is 4.31 Å². The van der Waals surface area contributed by atoms with Gasteiger partial charge in [-0.1, -0.05) is 0 Å². The molecular weight excluding hydrogens is 433 g/mol. The number of thiophene rings is 1.